The van der Waals surface area contributed by atoms with Gasteiger partial charge in [0.05, 0.1) is 6.42 Å². The molecule has 1 heterocycles. The van der Waals surface area contributed by atoms with Crippen molar-refractivity contribution in [1.29, 1.82) is 0 Å². The first-order chi connectivity index (χ1) is 9.97. The summed E-state index contributed by atoms with van der Waals surface area (Å²) in [7, 11) is 1.99. The van der Waals surface area contributed by atoms with Gasteiger partial charge in [0.25, 0.3) is 0 Å². The number of fused-ring (bicyclic) bond motifs is 1. The fourth-order valence-electron chi connectivity index (χ4n) is 2.65. The number of carboxylic acid groups (broad SMARTS) is 1. The molecule has 5 heteroatoms. The van der Waals surface area contributed by atoms with Gasteiger partial charge in [0.1, 0.15) is 0 Å². The molecule has 1 aliphatic rings. The number of hydrogen-bond donors (Lipinski definition) is 1. The second-order valence-electron chi connectivity index (χ2n) is 5.83. The molecule has 0 spiro atoms. The molecule has 0 bridgehead atoms. The third-order valence-corrected chi connectivity index (χ3v) is 3.90. The Balaban J connectivity index is 2.03. The van der Waals surface area contributed by atoms with Crippen molar-refractivity contribution in [2.75, 3.05) is 20.4 Å². The summed E-state index contributed by atoms with van der Waals surface area (Å²) < 4.78 is 10.7. The lowest BCUT2D eigenvalue weighted by molar-refractivity contribution is -0.137. The maximum atomic E-state index is 10.7. The SMILES string of the molecule is CC(C)C(Cc1ccc2c(c1)OCO2)N(C)CCC(=O)O. The number of carboxylic acids is 1. The Hall–Kier alpha value is -1.75. The fraction of sp³-hybridized carbons (Fsp3) is 0.562. The van der Waals surface area contributed by atoms with Crippen molar-refractivity contribution in [1.82, 2.24) is 4.90 Å². The van der Waals surface area contributed by atoms with Crippen molar-refractivity contribution < 1.29 is 19.4 Å². The molecule has 0 fully saturated rings. The molecule has 1 unspecified atom stereocenters. The van der Waals surface area contributed by atoms with Gasteiger partial charge in [0.2, 0.25) is 6.79 Å². The second-order valence-corrected chi connectivity index (χ2v) is 5.83. The highest BCUT2D eigenvalue weighted by Crippen LogP contribution is 2.33. The van der Waals surface area contributed by atoms with Crippen molar-refractivity contribution in [2.45, 2.75) is 32.7 Å². The summed E-state index contributed by atoms with van der Waals surface area (Å²) >= 11 is 0. The Kier molecular flexibility index (Phi) is 5.07. The topological polar surface area (TPSA) is 59.0 Å². The Labute approximate surface area is 125 Å². The van der Waals surface area contributed by atoms with Gasteiger partial charge in [-0.2, -0.15) is 0 Å². The van der Waals surface area contributed by atoms with E-state index in [-0.39, 0.29) is 13.2 Å². The molecule has 2 rings (SSSR count). The van der Waals surface area contributed by atoms with E-state index in [0.29, 0.717) is 18.5 Å². The maximum absolute atomic E-state index is 10.7. The predicted octanol–water partition coefficient (Wildman–Crippen LogP) is 2.39. The Morgan fingerprint density at radius 2 is 2.05 bits per heavy atom. The van der Waals surface area contributed by atoms with E-state index in [9.17, 15) is 4.79 Å². The van der Waals surface area contributed by atoms with E-state index in [0.717, 1.165) is 17.9 Å². The van der Waals surface area contributed by atoms with Gasteiger partial charge in [-0.3, -0.25) is 4.79 Å². The summed E-state index contributed by atoms with van der Waals surface area (Å²) in [5, 5.41) is 8.82. The summed E-state index contributed by atoms with van der Waals surface area (Å²) in [6.45, 7) is 5.16. The van der Waals surface area contributed by atoms with E-state index in [1.165, 1.54) is 5.56 Å². The molecule has 5 nitrogen and oxygen atoms in total. The van der Waals surface area contributed by atoms with Crippen LogP contribution in [0.2, 0.25) is 0 Å². The highest BCUT2D eigenvalue weighted by molar-refractivity contribution is 5.66. The highest BCUT2D eigenvalue weighted by atomic mass is 16.7. The lowest BCUT2D eigenvalue weighted by atomic mass is 9.95. The molecule has 0 amide bonds. The summed E-state index contributed by atoms with van der Waals surface area (Å²) in [5.41, 5.74) is 1.18. The van der Waals surface area contributed by atoms with E-state index < -0.39 is 5.97 Å². The van der Waals surface area contributed by atoms with Crippen LogP contribution in [0.5, 0.6) is 11.5 Å². The zero-order chi connectivity index (χ0) is 15.4. The van der Waals surface area contributed by atoms with Crippen LogP contribution in [0.1, 0.15) is 25.8 Å². The van der Waals surface area contributed by atoms with Gasteiger partial charge in [-0.05, 0) is 37.1 Å². The third-order valence-electron chi connectivity index (χ3n) is 3.90. The number of rotatable bonds is 7. The van der Waals surface area contributed by atoms with Gasteiger partial charge in [0, 0.05) is 12.6 Å². The van der Waals surface area contributed by atoms with E-state index in [1.807, 2.05) is 25.2 Å². The molecule has 1 aromatic rings. The van der Waals surface area contributed by atoms with Crippen LogP contribution in [-0.2, 0) is 11.2 Å². The van der Waals surface area contributed by atoms with Gasteiger partial charge in [-0.25, -0.2) is 0 Å². The van der Waals surface area contributed by atoms with Crippen molar-refractivity contribution in [3.8, 4) is 11.5 Å². The lowest BCUT2D eigenvalue weighted by Crippen LogP contribution is -2.39. The summed E-state index contributed by atoms with van der Waals surface area (Å²) in [6.07, 6.45) is 1.03. The standard InChI is InChI=1S/C16H23NO4/c1-11(2)13(17(3)7-6-16(18)19)8-12-4-5-14-15(9-12)21-10-20-14/h4-5,9,11,13H,6-8,10H2,1-3H3,(H,18,19). The van der Waals surface area contributed by atoms with E-state index in [4.69, 9.17) is 14.6 Å². The third kappa shape index (κ3) is 4.11. The van der Waals surface area contributed by atoms with Crippen molar-refractivity contribution in [2.24, 2.45) is 5.92 Å². The molecule has 0 aliphatic carbocycles. The number of hydrogen-bond acceptors (Lipinski definition) is 4. The normalized spacial score (nSPS) is 14.7. The average Bonchev–Trinajstić information content (AvgIpc) is 2.89. The molecule has 0 aromatic heterocycles. The zero-order valence-corrected chi connectivity index (χ0v) is 12.8. The zero-order valence-electron chi connectivity index (χ0n) is 12.8. The number of ether oxygens (including phenoxy) is 2. The minimum Gasteiger partial charge on any atom is -0.481 e. The van der Waals surface area contributed by atoms with Crippen LogP contribution in [0.4, 0.5) is 0 Å². The molecule has 116 valence electrons. The molecule has 0 radical (unpaired) electrons. The first-order valence-electron chi connectivity index (χ1n) is 7.28. The molecule has 1 N–H and O–H groups in total. The van der Waals surface area contributed by atoms with Crippen LogP contribution < -0.4 is 9.47 Å². The number of likely N-dealkylation sites (N-methyl/N-ethyl adjacent to an activating group) is 1. The molecule has 21 heavy (non-hydrogen) atoms. The van der Waals surface area contributed by atoms with Crippen molar-refractivity contribution in [3.63, 3.8) is 0 Å². The molecule has 0 saturated heterocycles. The maximum Gasteiger partial charge on any atom is 0.304 e. The number of nitrogens with zero attached hydrogens (tertiary/aromatic N) is 1. The van der Waals surface area contributed by atoms with E-state index in [1.54, 1.807) is 0 Å². The van der Waals surface area contributed by atoms with Gasteiger partial charge in [-0.15, -0.1) is 0 Å². The average molecular weight is 293 g/mol. The van der Waals surface area contributed by atoms with Crippen molar-refractivity contribution in [3.05, 3.63) is 23.8 Å². The minimum atomic E-state index is -0.757. The van der Waals surface area contributed by atoms with Crippen molar-refractivity contribution >= 4 is 5.97 Å². The first-order valence-corrected chi connectivity index (χ1v) is 7.28. The van der Waals surface area contributed by atoms with Gasteiger partial charge in [0.15, 0.2) is 11.5 Å². The largest absolute Gasteiger partial charge is 0.481 e. The quantitative estimate of drug-likeness (QED) is 0.836. The molecule has 1 aromatic carbocycles. The van der Waals surface area contributed by atoms with Crippen LogP contribution in [0.3, 0.4) is 0 Å². The van der Waals surface area contributed by atoms with Crippen LogP contribution in [0.25, 0.3) is 0 Å². The van der Waals surface area contributed by atoms with Gasteiger partial charge in [-0.1, -0.05) is 19.9 Å². The molecule has 1 aliphatic heterocycles. The summed E-state index contributed by atoms with van der Waals surface area (Å²) in [5.74, 6) is 1.27. The van der Waals surface area contributed by atoms with Gasteiger partial charge >= 0.3 is 5.97 Å². The smallest absolute Gasteiger partial charge is 0.304 e. The summed E-state index contributed by atoms with van der Waals surface area (Å²) in [4.78, 5) is 12.9. The lowest BCUT2D eigenvalue weighted by Gasteiger charge is -2.31. The molecule has 0 saturated carbocycles. The van der Waals surface area contributed by atoms with Gasteiger partial charge < -0.3 is 19.5 Å². The second kappa shape index (κ2) is 6.80. The highest BCUT2D eigenvalue weighted by Gasteiger charge is 2.21. The molecular formula is C16H23NO4. The monoisotopic (exact) mass is 293 g/mol. The number of aliphatic carboxylic acids is 1. The Morgan fingerprint density at radius 1 is 1.33 bits per heavy atom. The first kappa shape index (κ1) is 15.6. The molecular weight excluding hydrogens is 270 g/mol. The van der Waals surface area contributed by atoms with E-state index >= 15 is 0 Å². The van der Waals surface area contributed by atoms with Crippen LogP contribution in [0.15, 0.2) is 18.2 Å². The molecule has 1 atom stereocenters. The fourth-order valence-corrected chi connectivity index (χ4v) is 2.65. The minimum absolute atomic E-state index is 0.168. The van der Waals surface area contributed by atoms with E-state index in [2.05, 4.69) is 18.7 Å². The number of benzene rings is 1. The number of carbonyl (C=O) groups is 1. The summed E-state index contributed by atoms with van der Waals surface area (Å²) in [6, 6.07) is 6.30. The van der Waals surface area contributed by atoms with Crippen LogP contribution >= 0.6 is 0 Å². The Morgan fingerprint density at radius 3 is 2.71 bits per heavy atom. The predicted molar refractivity (Wildman–Crippen MR) is 79.8 cm³/mol. The van der Waals surface area contributed by atoms with Crippen LogP contribution in [0, 0.1) is 5.92 Å². The van der Waals surface area contributed by atoms with Crippen LogP contribution in [-0.4, -0.2) is 42.4 Å². The Bertz CT molecular complexity index is 501.